The fourth-order valence-electron chi connectivity index (χ4n) is 2.09. The fourth-order valence-corrected chi connectivity index (χ4v) is 2.09. The van der Waals surface area contributed by atoms with Crippen molar-refractivity contribution in [2.75, 3.05) is 7.11 Å². The lowest BCUT2D eigenvalue weighted by Crippen LogP contribution is -2.16. The van der Waals surface area contributed by atoms with Gasteiger partial charge >= 0.3 is 5.97 Å². The zero-order valence-corrected chi connectivity index (χ0v) is 12.7. The number of hydrogen-bond donors (Lipinski definition) is 1. The number of esters is 1. The van der Waals surface area contributed by atoms with Gasteiger partial charge in [-0.3, -0.25) is 4.79 Å². The lowest BCUT2D eigenvalue weighted by molar-refractivity contribution is -0.143. The summed E-state index contributed by atoms with van der Waals surface area (Å²) in [6.45, 7) is 0.344. The van der Waals surface area contributed by atoms with Crippen molar-refractivity contribution in [2.24, 2.45) is 5.92 Å². The summed E-state index contributed by atoms with van der Waals surface area (Å²) in [6, 6.07) is 16.0. The van der Waals surface area contributed by atoms with E-state index in [1.165, 1.54) is 7.11 Å². The smallest absolute Gasteiger partial charge is 0.323 e. The molecular weight excluding hydrogens is 294 g/mol. The number of carbonyl (C=O) groups is 1. The van der Waals surface area contributed by atoms with Gasteiger partial charge in [-0.15, -0.1) is 0 Å². The molecule has 0 spiro atoms. The van der Waals surface area contributed by atoms with Gasteiger partial charge in [0.15, 0.2) is 0 Å². The molecule has 0 aliphatic heterocycles. The molecule has 1 unspecified atom stereocenters. The molecule has 0 amide bonds. The van der Waals surface area contributed by atoms with Crippen molar-refractivity contribution in [2.45, 2.75) is 13.0 Å². The zero-order valence-electron chi connectivity index (χ0n) is 12.7. The molecule has 0 aromatic heterocycles. The summed E-state index contributed by atoms with van der Waals surface area (Å²) in [5.74, 6) is -0.466. The number of benzene rings is 2. The highest BCUT2D eigenvalue weighted by molar-refractivity contribution is 5.75. The van der Waals surface area contributed by atoms with Crippen LogP contribution in [0.25, 0.3) is 0 Å². The number of rotatable bonds is 6. The van der Waals surface area contributed by atoms with Crippen molar-refractivity contribution in [1.29, 1.82) is 5.26 Å². The summed E-state index contributed by atoms with van der Waals surface area (Å²) in [5.41, 5.74) is 1.72. The van der Waals surface area contributed by atoms with Gasteiger partial charge in [0.25, 0.3) is 0 Å². The van der Waals surface area contributed by atoms with Gasteiger partial charge in [0.05, 0.1) is 13.2 Å². The Balaban J connectivity index is 1.94. The highest BCUT2D eigenvalue weighted by atomic mass is 16.5. The largest absolute Gasteiger partial charge is 0.508 e. The molecule has 0 saturated heterocycles. The molecule has 2 aromatic rings. The maximum atomic E-state index is 11.4. The number of carbonyl (C=O) groups excluding carboxylic acids is 1. The average Bonchev–Trinajstić information content (AvgIpc) is 2.58. The van der Waals surface area contributed by atoms with Gasteiger partial charge in [-0.05, 0) is 41.8 Å². The monoisotopic (exact) mass is 311 g/mol. The van der Waals surface area contributed by atoms with Crippen molar-refractivity contribution in [3.63, 3.8) is 0 Å². The van der Waals surface area contributed by atoms with Crippen molar-refractivity contribution in [3.8, 4) is 17.6 Å². The maximum absolute atomic E-state index is 11.4. The average molecular weight is 311 g/mol. The summed E-state index contributed by atoms with van der Waals surface area (Å²) in [4.78, 5) is 11.4. The number of ether oxygens (including phenoxy) is 2. The minimum atomic E-state index is -0.806. The number of nitriles is 1. The predicted molar refractivity (Wildman–Crippen MR) is 83.7 cm³/mol. The van der Waals surface area contributed by atoms with E-state index < -0.39 is 11.9 Å². The molecule has 5 nitrogen and oxygen atoms in total. The quantitative estimate of drug-likeness (QED) is 0.830. The van der Waals surface area contributed by atoms with Crippen molar-refractivity contribution >= 4 is 5.97 Å². The van der Waals surface area contributed by atoms with Crippen molar-refractivity contribution in [1.82, 2.24) is 0 Å². The molecule has 1 atom stereocenters. The van der Waals surface area contributed by atoms with Crippen LogP contribution in [0.2, 0.25) is 0 Å². The number of aromatic hydroxyl groups is 1. The van der Waals surface area contributed by atoms with Crippen LogP contribution in [0.15, 0.2) is 48.5 Å². The highest BCUT2D eigenvalue weighted by Crippen LogP contribution is 2.18. The Bertz CT molecular complexity index is 704. The first-order valence-electron chi connectivity index (χ1n) is 7.09. The molecule has 0 radical (unpaired) electrons. The molecule has 23 heavy (non-hydrogen) atoms. The van der Waals surface area contributed by atoms with Gasteiger partial charge in [0.1, 0.15) is 24.0 Å². The second kappa shape index (κ2) is 7.85. The van der Waals surface area contributed by atoms with Crippen LogP contribution in [-0.4, -0.2) is 18.2 Å². The van der Waals surface area contributed by atoms with Crippen LogP contribution in [0.5, 0.6) is 11.5 Å². The van der Waals surface area contributed by atoms with E-state index in [1.807, 2.05) is 24.3 Å². The third-order valence-electron chi connectivity index (χ3n) is 3.32. The first-order chi connectivity index (χ1) is 11.1. The second-order valence-corrected chi connectivity index (χ2v) is 5.01. The Morgan fingerprint density at radius 2 is 1.96 bits per heavy atom. The summed E-state index contributed by atoms with van der Waals surface area (Å²) >= 11 is 0. The molecule has 0 aliphatic carbocycles. The molecule has 0 bridgehead atoms. The van der Waals surface area contributed by atoms with Crippen LogP contribution < -0.4 is 4.74 Å². The van der Waals surface area contributed by atoms with Crippen molar-refractivity contribution < 1.29 is 19.4 Å². The van der Waals surface area contributed by atoms with Crippen LogP contribution >= 0.6 is 0 Å². The molecule has 0 heterocycles. The van der Waals surface area contributed by atoms with Crippen LogP contribution in [0.3, 0.4) is 0 Å². The standard InChI is InChI=1S/C18H17NO4/c1-22-18(21)15(11-19)9-13-5-7-17(8-6-13)23-12-14-3-2-4-16(20)10-14/h2-8,10,15,20H,9,12H2,1H3. The first-order valence-corrected chi connectivity index (χ1v) is 7.09. The molecule has 2 rings (SSSR count). The van der Waals surface area contributed by atoms with E-state index in [2.05, 4.69) is 4.74 Å². The molecule has 118 valence electrons. The summed E-state index contributed by atoms with van der Waals surface area (Å²) < 4.78 is 10.2. The summed E-state index contributed by atoms with van der Waals surface area (Å²) in [6.07, 6.45) is 0.302. The van der Waals surface area contributed by atoms with E-state index in [0.29, 0.717) is 18.8 Å². The fraction of sp³-hybridized carbons (Fsp3) is 0.222. The number of phenols is 1. The number of methoxy groups -OCH3 is 1. The van der Waals surface area contributed by atoms with Gasteiger partial charge in [-0.25, -0.2) is 0 Å². The predicted octanol–water partition coefficient (Wildman–Crippen LogP) is 2.83. The highest BCUT2D eigenvalue weighted by Gasteiger charge is 2.18. The Hall–Kier alpha value is -3.00. The summed E-state index contributed by atoms with van der Waals surface area (Å²) in [5, 5.41) is 18.4. The molecule has 1 N–H and O–H groups in total. The lowest BCUT2D eigenvalue weighted by atomic mass is 10.0. The Morgan fingerprint density at radius 3 is 2.57 bits per heavy atom. The van der Waals surface area contributed by atoms with E-state index in [4.69, 9.17) is 10.00 Å². The minimum Gasteiger partial charge on any atom is -0.508 e. The van der Waals surface area contributed by atoms with Crippen LogP contribution in [0.1, 0.15) is 11.1 Å². The normalized spacial score (nSPS) is 11.3. The second-order valence-electron chi connectivity index (χ2n) is 5.01. The number of nitrogens with zero attached hydrogens (tertiary/aromatic N) is 1. The maximum Gasteiger partial charge on any atom is 0.323 e. The topological polar surface area (TPSA) is 79.6 Å². The lowest BCUT2D eigenvalue weighted by Gasteiger charge is -2.09. The first kappa shape index (κ1) is 16.4. The zero-order chi connectivity index (χ0) is 16.7. The third kappa shape index (κ3) is 4.75. The Labute approximate surface area is 134 Å². The van der Waals surface area contributed by atoms with Gasteiger partial charge < -0.3 is 14.6 Å². The SMILES string of the molecule is COC(=O)C(C#N)Cc1ccc(OCc2cccc(O)c2)cc1. The van der Waals surface area contributed by atoms with Crippen molar-refractivity contribution in [3.05, 3.63) is 59.7 Å². The summed E-state index contributed by atoms with van der Waals surface area (Å²) in [7, 11) is 1.27. The third-order valence-corrected chi connectivity index (χ3v) is 3.32. The van der Waals surface area contributed by atoms with Crippen LogP contribution in [-0.2, 0) is 22.6 Å². The number of phenolic OH excluding ortho intramolecular Hbond substituents is 1. The molecule has 0 saturated carbocycles. The molecule has 0 aliphatic rings. The molecule has 5 heteroatoms. The van der Waals surface area contributed by atoms with E-state index in [1.54, 1.807) is 30.3 Å². The van der Waals surface area contributed by atoms with E-state index >= 15 is 0 Å². The Kier molecular flexibility index (Phi) is 5.59. The van der Waals surface area contributed by atoms with E-state index in [-0.39, 0.29) is 5.75 Å². The van der Waals surface area contributed by atoms with E-state index in [9.17, 15) is 9.90 Å². The minimum absolute atomic E-state index is 0.201. The van der Waals surface area contributed by atoms with Gasteiger partial charge in [-0.1, -0.05) is 24.3 Å². The van der Waals surface area contributed by atoms with Gasteiger partial charge in [0.2, 0.25) is 0 Å². The molecular formula is C18H17NO4. The van der Waals surface area contributed by atoms with Crippen LogP contribution in [0, 0.1) is 17.2 Å². The Morgan fingerprint density at radius 1 is 1.22 bits per heavy atom. The van der Waals surface area contributed by atoms with Gasteiger partial charge in [0, 0.05) is 0 Å². The van der Waals surface area contributed by atoms with E-state index in [0.717, 1.165) is 11.1 Å². The van der Waals surface area contributed by atoms with Gasteiger partial charge in [-0.2, -0.15) is 5.26 Å². The molecule has 0 fully saturated rings. The number of hydrogen-bond acceptors (Lipinski definition) is 5. The molecule has 2 aromatic carbocycles. The van der Waals surface area contributed by atoms with Crippen LogP contribution in [0.4, 0.5) is 0 Å².